The van der Waals surface area contributed by atoms with Gasteiger partial charge < -0.3 is 15.2 Å². The summed E-state index contributed by atoms with van der Waals surface area (Å²) in [6.45, 7) is 7.59. The number of hydrogen-bond acceptors (Lipinski definition) is 7. The molecule has 1 fully saturated rings. The van der Waals surface area contributed by atoms with E-state index in [-0.39, 0.29) is 23.4 Å². The Labute approximate surface area is 171 Å². The van der Waals surface area contributed by atoms with E-state index in [4.69, 9.17) is 15.2 Å². The first-order chi connectivity index (χ1) is 13.8. The molecule has 0 aliphatic carbocycles. The van der Waals surface area contributed by atoms with Crippen molar-refractivity contribution >= 4 is 5.91 Å². The van der Waals surface area contributed by atoms with Gasteiger partial charge in [0.15, 0.2) is 5.82 Å². The molecule has 2 aromatic rings. The molecule has 1 saturated heterocycles. The Morgan fingerprint density at radius 2 is 1.90 bits per heavy atom. The second-order valence-corrected chi connectivity index (χ2v) is 8.34. The topological polar surface area (TPSA) is 108 Å². The zero-order valence-electron chi connectivity index (χ0n) is 17.8. The van der Waals surface area contributed by atoms with Crippen molar-refractivity contribution in [1.29, 1.82) is 0 Å². The van der Waals surface area contributed by atoms with Gasteiger partial charge in [0.05, 0.1) is 19.8 Å². The largest absolute Gasteiger partial charge is 0.497 e. The van der Waals surface area contributed by atoms with Crippen molar-refractivity contribution in [2.24, 2.45) is 11.7 Å². The average Bonchev–Trinajstić information content (AvgIpc) is 3.18. The van der Waals surface area contributed by atoms with Gasteiger partial charge in [0.1, 0.15) is 17.5 Å². The summed E-state index contributed by atoms with van der Waals surface area (Å²) in [6.07, 6.45) is 1.41. The van der Waals surface area contributed by atoms with E-state index < -0.39 is 0 Å². The predicted octanol–water partition coefficient (Wildman–Crippen LogP) is 1.73. The van der Waals surface area contributed by atoms with Gasteiger partial charge in [0.2, 0.25) is 5.91 Å². The number of methoxy groups -OCH3 is 2. The third-order valence-electron chi connectivity index (χ3n) is 5.40. The Hall–Kier alpha value is -2.68. The number of rotatable bonds is 6. The Bertz CT molecular complexity index is 852. The fourth-order valence-electron chi connectivity index (χ4n) is 3.84. The van der Waals surface area contributed by atoms with Gasteiger partial charge in [-0.15, -0.1) is 5.10 Å². The molecule has 9 heteroatoms. The summed E-state index contributed by atoms with van der Waals surface area (Å²) in [4.78, 5) is 13.9. The van der Waals surface area contributed by atoms with Crippen LogP contribution in [0.4, 0.5) is 0 Å². The molecule has 1 aliphatic rings. The molecule has 2 heterocycles. The Morgan fingerprint density at radius 3 is 2.45 bits per heavy atom. The highest BCUT2D eigenvalue weighted by atomic mass is 16.5. The van der Waals surface area contributed by atoms with Crippen molar-refractivity contribution in [3.05, 3.63) is 29.6 Å². The minimum absolute atomic E-state index is 0.0993. The van der Waals surface area contributed by atoms with E-state index in [1.165, 1.54) is 0 Å². The van der Waals surface area contributed by atoms with E-state index in [0.717, 1.165) is 22.9 Å². The SMILES string of the molecule is COc1ccc(OC)c([C@H](c2nnnn2C(C)(C)C)N2CCC(C(N)=O)CC2)c1. The fraction of sp³-hybridized carbons (Fsp3) is 0.600. The van der Waals surface area contributed by atoms with Crippen LogP contribution in [0.1, 0.15) is 51.0 Å². The maximum Gasteiger partial charge on any atom is 0.220 e. The van der Waals surface area contributed by atoms with Crippen LogP contribution in [0, 0.1) is 5.92 Å². The molecule has 0 unspecified atom stereocenters. The second-order valence-electron chi connectivity index (χ2n) is 8.34. The number of carbonyl (C=O) groups excluding carboxylic acids is 1. The number of tetrazole rings is 1. The average molecular weight is 402 g/mol. The van der Waals surface area contributed by atoms with Crippen LogP contribution in [0.25, 0.3) is 0 Å². The minimum Gasteiger partial charge on any atom is -0.497 e. The molecule has 1 aromatic carbocycles. The zero-order chi connectivity index (χ0) is 21.2. The number of carbonyl (C=O) groups is 1. The summed E-state index contributed by atoms with van der Waals surface area (Å²) < 4.78 is 13.0. The lowest BCUT2D eigenvalue weighted by atomic mass is 9.92. The lowest BCUT2D eigenvalue weighted by Crippen LogP contribution is -2.42. The first-order valence-corrected chi connectivity index (χ1v) is 9.80. The molecule has 1 aliphatic heterocycles. The number of nitrogens with two attached hydrogens (primary N) is 1. The number of amides is 1. The van der Waals surface area contributed by atoms with Crippen LogP contribution in [0.15, 0.2) is 18.2 Å². The van der Waals surface area contributed by atoms with Gasteiger partial charge in [-0.2, -0.15) is 0 Å². The normalized spacial score (nSPS) is 17.1. The van der Waals surface area contributed by atoms with Crippen molar-refractivity contribution in [1.82, 2.24) is 25.1 Å². The van der Waals surface area contributed by atoms with Gasteiger partial charge >= 0.3 is 0 Å². The Kier molecular flexibility index (Phi) is 6.07. The molecule has 1 amide bonds. The van der Waals surface area contributed by atoms with Crippen molar-refractivity contribution in [2.75, 3.05) is 27.3 Å². The molecule has 2 N–H and O–H groups in total. The molecule has 0 radical (unpaired) electrons. The van der Waals surface area contributed by atoms with Crippen molar-refractivity contribution < 1.29 is 14.3 Å². The summed E-state index contributed by atoms with van der Waals surface area (Å²) in [5.74, 6) is 1.85. The molecule has 1 aromatic heterocycles. The maximum atomic E-state index is 11.6. The summed E-state index contributed by atoms with van der Waals surface area (Å²) in [5.41, 5.74) is 6.15. The molecule has 158 valence electrons. The molecule has 0 saturated carbocycles. The third kappa shape index (κ3) is 4.34. The van der Waals surface area contributed by atoms with Crippen molar-refractivity contribution in [2.45, 2.75) is 45.2 Å². The van der Waals surface area contributed by atoms with Crippen LogP contribution in [-0.4, -0.2) is 58.3 Å². The molecule has 3 rings (SSSR count). The summed E-state index contributed by atoms with van der Waals surface area (Å²) in [7, 11) is 3.28. The number of likely N-dealkylation sites (tertiary alicyclic amines) is 1. The Morgan fingerprint density at radius 1 is 1.21 bits per heavy atom. The van der Waals surface area contributed by atoms with Crippen LogP contribution >= 0.6 is 0 Å². The molecule has 29 heavy (non-hydrogen) atoms. The van der Waals surface area contributed by atoms with Crippen LogP contribution in [0.3, 0.4) is 0 Å². The molecule has 0 spiro atoms. The first kappa shape index (κ1) is 21.0. The quantitative estimate of drug-likeness (QED) is 0.784. The van der Waals surface area contributed by atoms with E-state index in [9.17, 15) is 4.79 Å². The first-order valence-electron chi connectivity index (χ1n) is 9.80. The second kappa shape index (κ2) is 8.36. The van der Waals surface area contributed by atoms with Gasteiger partial charge in [-0.3, -0.25) is 9.69 Å². The number of benzene rings is 1. The number of aromatic nitrogens is 4. The minimum atomic E-state index is -0.297. The number of piperidine rings is 1. The summed E-state index contributed by atoms with van der Waals surface area (Å²) >= 11 is 0. The van der Waals surface area contributed by atoms with Gasteiger partial charge in [0.25, 0.3) is 0 Å². The zero-order valence-corrected chi connectivity index (χ0v) is 17.8. The van der Waals surface area contributed by atoms with Crippen molar-refractivity contribution in [3.63, 3.8) is 0 Å². The molecule has 1 atom stereocenters. The fourth-order valence-corrected chi connectivity index (χ4v) is 3.84. The highest BCUT2D eigenvalue weighted by Crippen LogP contribution is 2.38. The highest BCUT2D eigenvalue weighted by Gasteiger charge is 2.36. The van der Waals surface area contributed by atoms with Gasteiger partial charge in [-0.25, -0.2) is 4.68 Å². The van der Waals surface area contributed by atoms with E-state index >= 15 is 0 Å². The van der Waals surface area contributed by atoms with Gasteiger partial charge in [-0.1, -0.05) is 0 Å². The van der Waals surface area contributed by atoms with Gasteiger partial charge in [0, 0.05) is 11.5 Å². The Balaban J connectivity index is 2.09. The lowest BCUT2D eigenvalue weighted by molar-refractivity contribution is -0.123. The molecule has 9 nitrogen and oxygen atoms in total. The van der Waals surface area contributed by atoms with Crippen LogP contribution in [-0.2, 0) is 10.3 Å². The highest BCUT2D eigenvalue weighted by molar-refractivity contribution is 5.76. The van der Waals surface area contributed by atoms with Crippen molar-refractivity contribution in [3.8, 4) is 11.5 Å². The lowest BCUT2D eigenvalue weighted by Gasteiger charge is -2.37. The summed E-state index contributed by atoms with van der Waals surface area (Å²) in [6, 6.07) is 5.47. The van der Waals surface area contributed by atoms with Crippen LogP contribution < -0.4 is 15.2 Å². The number of ether oxygens (including phenoxy) is 2. The van der Waals surface area contributed by atoms with E-state index in [1.54, 1.807) is 14.2 Å². The van der Waals surface area contributed by atoms with E-state index in [1.807, 2.05) is 22.9 Å². The standard InChI is InChI=1S/C20H30N6O3/c1-20(2,3)26-19(22-23-24-26)17(25-10-8-13(9-11-25)18(21)27)15-12-14(28-4)6-7-16(15)29-5/h6-7,12-13,17H,8-11H2,1-5H3,(H2,21,27)/t17-/m1/s1. The molecular formula is C20H30N6O3. The smallest absolute Gasteiger partial charge is 0.220 e. The molecular weight excluding hydrogens is 372 g/mol. The third-order valence-corrected chi connectivity index (χ3v) is 5.40. The van der Waals surface area contributed by atoms with Gasteiger partial charge in [-0.05, 0) is 75.3 Å². The van der Waals surface area contributed by atoms with E-state index in [2.05, 4.69) is 41.2 Å². The number of primary amides is 1. The monoisotopic (exact) mass is 402 g/mol. The number of hydrogen-bond donors (Lipinski definition) is 1. The predicted molar refractivity (Wildman–Crippen MR) is 108 cm³/mol. The van der Waals surface area contributed by atoms with Crippen LogP contribution in [0.2, 0.25) is 0 Å². The maximum absolute atomic E-state index is 11.6. The number of nitrogens with zero attached hydrogens (tertiary/aromatic N) is 5. The summed E-state index contributed by atoms with van der Waals surface area (Å²) in [5, 5.41) is 12.6. The molecule has 0 bridgehead atoms. The van der Waals surface area contributed by atoms with E-state index in [0.29, 0.717) is 25.9 Å². The van der Waals surface area contributed by atoms with Crippen LogP contribution in [0.5, 0.6) is 11.5 Å².